The fraction of sp³-hybridized carbons (Fsp3) is 0.476. The van der Waals surface area contributed by atoms with E-state index < -0.39 is 5.60 Å². The molecule has 3 rings (SSSR count). The molecule has 1 aliphatic rings. The molecule has 0 bridgehead atoms. The Morgan fingerprint density at radius 1 is 1.33 bits per heavy atom. The summed E-state index contributed by atoms with van der Waals surface area (Å²) in [5, 5.41) is 17.1. The van der Waals surface area contributed by atoms with Crippen LogP contribution in [0.1, 0.15) is 50.8 Å². The van der Waals surface area contributed by atoms with Crippen molar-refractivity contribution in [2.45, 2.75) is 64.6 Å². The van der Waals surface area contributed by atoms with Gasteiger partial charge in [-0.2, -0.15) is 5.10 Å². The molecule has 0 spiro atoms. The van der Waals surface area contributed by atoms with Gasteiger partial charge >= 0.3 is 0 Å². The summed E-state index contributed by atoms with van der Waals surface area (Å²) in [6, 6.07) is 9.43. The molecule has 1 fully saturated rings. The standard InChI is InChI=1S/C21H27N3O3/c1-13(2)20-17(16-8-6-5-7-14(16)3)9-19(26)24(23-20)12-18(25)22-15-10-21(4,27)11-15/h5-9,13,15,27H,10-12H2,1-4H3,(H,22,25). The summed E-state index contributed by atoms with van der Waals surface area (Å²) < 4.78 is 1.23. The van der Waals surface area contributed by atoms with E-state index in [1.165, 1.54) is 4.68 Å². The molecular formula is C21H27N3O3. The molecule has 2 N–H and O–H groups in total. The molecule has 6 nitrogen and oxygen atoms in total. The van der Waals surface area contributed by atoms with Crippen molar-refractivity contribution in [1.82, 2.24) is 15.1 Å². The van der Waals surface area contributed by atoms with Gasteiger partial charge in [-0.15, -0.1) is 0 Å². The molecule has 1 aliphatic carbocycles. The van der Waals surface area contributed by atoms with E-state index in [0.717, 1.165) is 22.4 Å². The van der Waals surface area contributed by atoms with Crippen LogP contribution in [0.5, 0.6) is 0 Å². The van der Waals surface area contributed by atoms with Crippen molar-refractivity contribution in [1.29, 1.82) is 0 Å². The highest BCUT2D eigenvalue weighted by Crippen LogP contribution is 2.31. The van der Waals surface area contributed by atoms with Gasteiger partial charge in [-0.05, 0) is 43.7 Å². The minimum Gasteiger partial charge on any atom is -0.390 e. The summed E-state index contributed by atoms with van der Waals surface area (Å²) in [6.45, 7) is 7.68. The van der Waals surface area contributed by atoms with E-state index in [1.807, 2.05) is 45.0 Å². The minimum atomic E-state index is -0.701. The highest BCUT2D eigenvalue weighted by molar-refractivity contribution is 5.76. The highest BCUT2D eigenvalue weighted by Gasteiger charge is 2.39. The van der Waals surface area contributed by atoms with Gasteiger partial charge in [0.1, 0.15) is 6.54 Å². The maximum absolute atomic E-state index is 12.6. The predicted octanol–water partition coefficient (Wildman–Crippen LogP) is 2.37. The normalized spacial score (nSPS) is 21.8. The average Bonchev–Trinajstić information content (AvgIpc) is 2.55. The lowest BCUT2D eigenvalue weighted by atomic mass is 9.77. The number of carbonyl (C=O) groups excluding carboxylic acids is 1. The van der Waals surface area contributed by atoms with E-state index >= 15 is 0 Å². The number of aliphatic hydroxyl groups is 1. The molecule has 0 saturated heterocycles. The number of aromatic nitrogens is 2. The van der Waals surface area contributed by atoms with Gasteiger partial charge < -0.3 is 10.4 Å². The summed E-state index contributed by atoms with van der Waals surface area (Å²) >= 11 is 0. The number of carbonyl (C=O) groups is 1. The van der Waals surface area contributed by atoms with Crippen LogP contribution in [0.4, 0.5) is 0 Å². The number of benzene rings is 1. The second-order valence-corrected chi connectivity index (χ2v) is 8.08. The van der Waals surface area contributed by atoms with Gasteiger partial charge in [0, 0.05) is 17.7 Å². The zero-order chi connectivity index (χ0) is 19.8. The van der Waals surface area contributed by atoms with E-state index in [0.29, 0.717) is 12.8 Å². The molecule has 1 aromatic carbocycles. The van der Waals surface area contributed by atoms with E-state index in [4.69, 9.17) is 0 Å². The first-order valence-electron chi connectivity index (χ1n) is 9.36. The molecule has 1 aromatic heterocycles. The molecule has 1 heterocycles. The fourth-order valence-electron chi connectivity index (χ4n) is 3.65. The summed E-state index contributed by atoms with van der Waals surface area (Å²) in [4.78, 5) is 24.9. The van der Waals surface area contributed by atoms with Gasteiger partial charge in [0.15, 0.2) is 0 Å². The lowest BCUT2D eigenvalue weighted by Gasteiger charge is -2.41. The molecule has 27 heavy (non-hydrogen) atoms. The number of rotatable bonds is 5. The third-order valence-electron chi connectivity index (χ3n) is 5.04. The van der Waals surface area contributed by atoms with Gasteiger partial charge in [0.2, 0.25) is 5.91 Å². The van der Waals surface area contributed by atoms with E-state index in [2.05, 4.69) is 10.4 Å². The van der Waals surface area contributed by atoms with Gasteiger partial charge in [0.25, 0.3) is 5.56 Å². The van der Waals surface area contributed by atoms with E-state index in [9.17, 15) is 14.7 Å². The third kappa shape index (κ3) is 4.27. The Hall–Kier alpha value is -2.47. The lowest BCUT2D eigenvalue weighted by Crippen LogP contribution is -2.54. The second kappa shape index (κ2) is 7.27. The van der Waals surface area contributed by atoms with Crippen molar-refractivity contribution < 1.29 is 9.90 Å². The largest absolute Gasteiger partial charge is 0.390 e. The maximum atomic E-state index is 12.6. The van der Waals surface area contributed by atoms with Crippen LogP contribution in [0, 0.1) is 6.92 Å². The molecule has 0 atom stereocenters. The average molecular weight is 369 g/mol. The zero-order valence-corrected chi connectivity index (χ0v) is 16.3. The Morgan fingerprint density at radius 3 is 2.59 bits per heavy atom. The topological polar surface area (TPSA) is 84.2 Å². The van der Waals surface area contributed by atoms with Crippen LogP contribution in [0.2, 0.25) is 0 Å². The zero-order valence-electron chi connectivity index (χ0n) is 16.3. The quantitative estimate of drug-likeness (QED) is 0.847. The number of nitrogens with zero attached hydrogens (tertiary/aromatic N) is 2. The molecule has 0 radical (unpaired) electrons. The van der Waals surface area contributed by atoms with Crippen molar-refractivity contribution in [2.24, 2.45) is 0 Å². The van der Waals surface area contributed by atoms with Gasteiger partial charge in [0.05, 0.1) is 11.3 Å². The Balaban J connectivity index is 1.85. The van der Waals surface area contributed by atoms with E-state index in [-0.39, 0.29) is 30.0 Å². The Bertz CT molecular complexity index is 907. The third-order valence-corrected chi connectivity index (χ3v) is 5.04. The molecule has 6 heteroatoms. The smallest absolute Gasteiger partial charge is 0.267 e. The Kier molecular flexibility index (Phi) is 5.20. The first-order chi connectivity index (χ1) is 12.7. The highest BCUT2D eigenvalue weighted by atomic mass is 16.3. The summed E-state index contributed by atoms with van der Waals surface area (Å²) in [5.74, 6) is -0.153. The molecule has 0 unspecified atom stereocenters. The second-order valence-electron chi connectivity index (χ2n) is 8.08. The number of aryl methyl sites for hydroxylation is 1. The van der Waals surface area contributed by atoms with Crippen molar-refractivity contribution in [3.63, 3.8) is 0 Å². The predicted molar refractivity (Wildman–Crippen MR) is 105 cm³/mol. The molecule has 2 aromatic rings. The van der Waals surface area contributed by atoms with Gasteiger partial charge in [-0.3, -0.25) is 9.59 Å². The van der Waals surface area contributed by atoms with Crippen LogP contribution >= 0.6 is 0 Å². The van der Waals surface area contributed by atoms with Gasteiger partial charge in [-0.1, -0.05) is 38.1 Å². The Labute approximate surface area is 159 Å². The van der Waals surface area contributed by atoms with Crippen LogP contribution in [-0.2, 0) is 11.3 Å². The van der Waals surface area contributed by atoms with Crippen molar-refractivity contribution in [3.8, 4) is 11.1 Å². The molecule has 144 valence electrons. The number of amides is 1. The number of hydrogen-bond donors (Lipinski definition) is 2. The van der Waals surface area contributed by atoms with Crippen LogP contribution in [0.25, 0.3) is 11.1 Å². The monoisotopic (exact) mass is 369 g/mol. The molecular weight excluding hydrogens is 342 g/mol. The number of nitrogens with one attached hydrogen (secondary N) is 1. The first-order valence-corrected chi connectivity index (χ1v) is 9.36. The summed E-state index contributed by atoms with van der Waals surface area (Å²) in [5.41, 5.74) is 2.68. The lowest BCUT2D eigenvalue weighted by molar-refractivity contribution is -0.125. The van der Waals surface area contributed by atoms with Crippen LogP contribution < -0.4 is 10.9 Å². The molecule has 1 amide bonds. The van der Waals surface area contributed by atoms with Crippen molar-refractivity contribution in [2.75, 3.05) is 0 Å². The fourth-order valence-corrected chi connectivity index (χ4v) is 3.65. The van der Waals surface area contributed by atoms with Gasteiger partial charge in [-0.25, -0.2) is 4.68 Å². The van der Waals surface area contributed by atoms with Crippen LogP contribution in [0.15, 0.2) is 35.1 Å². The SMILES string of the molecule is Cc1ccccc1-c1cc(=O)n(CC(=O)NC2CC(C)(O)C2)nc1C(C)C. The van der Waals surface area contributed by atoms with Crippen LogP contribution in [-0.4, -0.2) is 32.4 Å². The summed E-state index contributed by atoms with van der Waals surface area (Å²) in [7, 11) is 0. The molecule has 1 saturated carbocycles. The first kappa shape index (κ1) is 19.3. The van der Waals surface area contributed by atoms with Crippen molar-refractivity contribution in [3.05, 3.63) is 51.9 Å². The van der Waals surface area contributed by atoms with Crippen molar-refractivity contribution >= 4 is 5.91 Å². The Morgan fingerprint density at radius 2 is 2.00 bits per heavy atom. The number of hydrogen-bond acceptors (Lipinski definition) is 4. The molecule has 0 aliphatic heterocycles. The summed E-state index contributed by atoms with van der Waals surface area (Å²) in [6.07, 6.45) is 1.06. The minimum absolute atomic E-state index is 0.0426. The van der Waals surface area contributed by atoms with E-state index in [1.54, 1.807) is 13.0 Å². The van der Waals surface area contributed by atoms with Crippen LogP contribution in [0.3, 0.4) is 0 Å². The maximum Gasteiger partial charge on any atom is 0.267 e.